The molecule has 1 heterocycles. The van der Waals surface area contributed by atoms with Crippen molar-refractivity contribution < 1.29 is 14.6 Å². The zero-order valence-corrected chi connectivity index (χ0v) is 16.0. The number of benzene rings is 1. The lowest BCUT2D eigenvalue weighted by Gasteiger charge is -2.28. The second-order valence-corrected chi connectivity index (χ2v) is 8.27. The van der Waals surface area contributed by atoms with Crippen LogP contribution in [0, 0.1) is 0 Å². The van der Waals surface area contributed by atoms with Crippen LogP contribution in [-0.4, -0.2) is 41.0 Å². The summed E-state index contributed by atoms with van der Waals surface area (Å²) in [6.45, 7) is 10.4. The zero-order valence-electron chi connectivity index (χ0n) is 16.0. The number of ether oxygens (including phenoxy) is 1. The van der Waals surface area contributed by atoms with Gasteiger partial charge in [0.05, 0.1) is 23.3 Å². The molecule has 25 heavy (non-hydrogen) atoms. The molecule has 0 unspecified atom stereocenters. The molecular weight excluding hydrogens is 316 g/mol. The summed E-state index contributed by atoms with van der Waals surface area (Å²) in [7, 11) is 0. The van der Waals surface area contributed by atoms with E-state index in [1.807, 2.05) is 58.0 Å². The molecular formula is C20H32N2O3. The molecule has 5 heteroatoms. The van der Waals surface area contributed by atoms with E-state index in [1.165, 1.54) is 0 Å². The van der Waals surface area contributed by atoms with Gasteiger partial charge in [0.1, 0.15) is 0 Å². The van der Waals surface area contributed by atoms with Crippen molar-refractivity contribution in [2.24, 2.45) is 0 Å². The fourth-order valence-electron chi connectivity index (χ4n) is 3.69. The van der Waals surface area contributed by atoms with E-state index in [2.05, 4.69) is 10.6 Å². The van der Waals surface area contributed by atoms with Crippen LogP contribution in [0.25, 0.3) is 0 Å². The summed E-state index contributed by atoms with van der Waals surface area (Å²) >= 11 is 0. The first-order valence-corrected chi connectivity index (χ1v) is 9.06. The predicted molar refractivity (Wildman–Crippen MR) is 99.7 cm³/mol. The van der Waals surface area contributed by atoms with Crippen molar-refractivity contribution in [2.75, 3.05) is 6.54 Å². The van der Waals surface area contributed by atoms with Crippen molar-refractivity contribution in [3.8, 4) is 0 Å². The van der Waals surface area contributed by atoms with Crippen LogP contribution in [0.5, 0.6) is 0 Å². The molecule has 1 aromatic carbocycles. The molecule has 0 radical (unpaired) electrons. The molecule has 0 bridgehead atoms. The number of aliphatic hydroxyl groups is 1. The quantitative estimate of drug-likeness (QED) is 0.739. The molecule has 0 aromatic heterocycles. The summed E-state index contributed by atoms with van der Waals surface area (Å²) in [5, 5.41) is 15.8. The molecule has 1 fully saturated rings. The predicted octanol–water partition coefficient (Wildman–Crippen LogP) is 3.19. The van der Waals surface area contributed by atoms with Gasteiger partial charge in [-0.2, -0.15) is 0 Å². The zero-order chi connectivity index (χ0) is 18.7. The first-order valence-electron chi connectivity index (χ1n) is 9.06. The summed E-state index contributed by atoms with van der Waals surface area (Å²) < 4.78 is 6.02. The summed E-state index contributed by atoms with van der Waals surface area (Å²) in [6.07, 6.45) is 0.969. The summed E-state index contributed by atoms with van der Waals surface area (Å²) in [6, 6.07) is 9.76. The molecule has 5 nitrogen and oxygen atoms in total. The fourth-order valence-corrected chi connectivity index (χ4v) is 3.69. The number of aliphatic hydroxyl groups excluding tert-OH is 1. The van der Waals surface area contributed by atoms with Crippen LogP contribution in [0.1, 0.15) is 58.9 Å². The molecule has 1 aliphatic heterocycles. The van der Waals surface area contributed by atoms with Crippen molar-refractivity contribution in [1.82, 2.24) is 10.6 Å². The third-order valence-corrected chi connectivity index (χ3v) is 4.79. The van der Waals surface area contributed by atoms with Gasteiger partial charge in [-0.3, -0.25) is 0 Å². The standard InChI is InChI=1S/C20H32N2O3/c1-14(23)11-16(15-9-7-6-8-10-15)13-21-18(24)22-17-12-19(2,3)25-20(17,4)5/h6-10,14,16-17,23H,11-13H2,1-5H3,(H2,21,22,24)/t14-,16+,17+/m0/s1. The minimum Gasteiger partial charge on any atom is -0.393 e. The third-order valence-electron chi connectivity index (χ3n) is 4.79. The normalized spacial score (nSPS) is 23.7. The number of nitrogens with one attached hydrogen (secondary N) is 2. The molecule has 0 spiro atoms. The Morgan fingerprint density at radius 2 is 1.92 bits per heavy atom. The van der Waals surface area contributed by atoms with Crippen LogP contribution in [0.3, 0.4) is 0 Å². The van der Waals surface area contributed by atoms with Crippen LogP contribution in [-0.2, 0) is 4.74 Å². The van der Waals surface area contributed by atoms with Crippen LogP contribution in [0.4, 0.5) is 4.79 Å². The average molecular weight is 348 g/mol. The molecule has 1 aromatic rings. The van der Waals surface area contributed by atoms with E-state index in [4.69, 9.17) is 4.74 Å². The van der Waals surface area contributed by atoms with Crippen LogP contribution < -0.4 is 10.6 Å². The summed E-state index contributed by atoms with van der Waals surface area (Å²) in [4.78, 5) is 12.4. The van der Waals surface area contributed by atoms with E-state index in [1.54, 1.807) is 6.92 Å². The molecule has 2 rings (SSSR count). The number of urea groups is 1. The van der Waals surface area contributed by atoms with Gasteiger partial charge in [0, 0.05) is 12.5 Å². The second kappa shape index (κ2) is 7.75. The van der Waals surface area contributed by atoms with Gasteiger partial charge in [-0.05, 0) is 53.0 Å². The smallest absolute Gasteiger partial charge is 0.315 e. The first kappa shape index (κ1) is 19.7. The minimum absolute atomic E-state index is 0.0329. The Labute approximate surface area is 151 Å². The topological polar surface area (TPSA) is 70.6 Å². The Bertz CT molecular complexity index is 570. The van der Waals surface area contributed by atoms with E-state index < -0.39 is 6.10 Å². The van der Waals surface area contributed by atoms with Gasteiger partial charge < -0.3 is 20.5 Å². The molecule has 1 aliphatic rings. The molecule has 1 saturated heterocycles. The average Bonchev–Trinajstić information content (AvgIpc) is 2.71. The van der Waals surface area contributed by atoms with Crippen molar-refractivity contribution in [3.05, 3.63) is 35.9 Å². The highest BCUT2D eigenvalue weighted by molar-refractivity contribution is 5.74. The summed E-state index contributed by atoms with van der Waals surface area (Å²) in [5.74, 6) is 0.0798. The van der Waals surface area contributed by atoms with Crippen LogP contribution >= 0.6 is 0 Å². The highest BCUT2D eigenvalue weighted by atomic mass is 16.5. The van der Waals surface area contributed by atoms with Gasteiger partial charge in [0.2, 0.25) is 0 Å². The van der Waals surface area contributed by atoms with Crippen molar-refractivity contribution in [2.45, 2.75) is 76.7 Å². The van der Waals surface area contributed by atoms with Crippen molar-refractivity contribution >= 4 is 6.03 Å². The Morgan fingerprint density at radius 3 is 2.44 bits per heavy atom. The van der Waals surface area contributed by atoms with Gasteiger partial charge in [-0.15, -0.1) is 0 Å². The fraction of sp³-hybridized carbons (Fsp3) is 0.650. The van der Waals surface area contributed by atoms with E-state index >= 15 is 0 Å². The van der Waals surface area contributed by atoms with E-state index in [0.29, 0.717) is 13.0 Å². The third kappa shape index (κ3) is 5.72. The number of carbonyl (C=O) groups excluding carboxylic acids is 1. The van der Waals surface area contributed by atoms with E-state index in [0.717, 1.165) is 12.0 Å². The number of hydrogen-bond acceptors (Lipinski definition) is 3. The van der Waals surface area contributed by atoms with Gasteiger partial charge in [-0.25, -0.2) is 4.79 Å². The molecule has 140 valence electrons. The molecule has 0 saturated carbocycles. The molecule has 3 N–H and O–H groups in total. The second-order valence-electron chi connectivity index (χ2n) is 8.27. The Hall–Kier alpha value is -1.59. The van der Waals surface area contributed by atoms with E-state index in [9.17, 15) is 9.90 Å². The molecule has 3 atom stereocenters. The number of rotatable bonds is 6. The maximum atomic E-state index is 12.4. The first-order chi connectivity index (χ1) is 11.6. The Kier molecular flexibility index (Phi) is 6.12. The van der Waals surface area contributed by atoms with Crippen molar-refractivity contribution in [1.29, 1.82) is 0 Å². The van der Waals surface area contributed by atoms with E-state index in [-0.39, 0.29) is 29.2 Å². The highest BCUT2D eigenvalue weighted by Crippen LogP contribution is 2.37. The lowest BCUT2D eigenvalue weighted by molar-refractivity contribution is -0.0690. The monoisotopic (exact) mass is 348 g/mol. The summed E-state index contributed by atoms with van der Waals surface area (Å²) in [5.41, 5.74) is 0.494. The van der Waals surface area contributed by atoms with Crippen LogP contribution in [0.2, 0.25) is 0 Å². The number of carbonyl (C=O) groups is 1. The van der Waals surface area contributed by atoms with Crippen LogP contribution in [0.15, 0.2) is 30.3 Å². The minimum atomic E-state index is -0.418. The number of hydrogen-bond donors (Lipinski definition) is 3. The molecule has 2 amide bonds. The maximum Gasteiger partial charge on any atom is 0.315 e. The van der Waals surface area contributed by atoms with Gasteiger partial charge in [-0.1, -0.05) is 30.3 Å². The van der Waals surface area contributed by atoms with Gasteiger partial charge in [0.15, 0.2) is 0 Å². The lowest BCUT2D eigenvalue weighted by Crippen LogP contribution is -2.50. The molecule has 0 aliphatic carbocycles. The maximum absolute atomic E-state index is 12.4. The SMILES string of the molecule is C[C@H](O)C[C@H](CNC(=O)N[C@@H]1CC(C)(C)OC1(C)C)c1ccccc1. The Morgan fingerprint density at radius 1 is 1.28 bits per heavy atom. The van der Waals surface area contributed by atoms with Crippen molar-refractivity contribution in [3.63, 3.8) is 0 Å². The number of amides is 2. The van der Waals surface area contributed by atoms with Gasteiger partial charge in [0.25, 0.3) is 0 Å². The largest absolute Gasteiger partial charge is 0.393 e. The van der Waals surface area contributed by atoms with Gasteiger partial charge >= 0.3 is 6.03 Å². The highest BCUT2D eigenvalue weighted by Gasteiger charge is 2.46. The lowest BCUT2D eigenvalue weighted by atomic mass is 9.93. The Balaban J connectivity index is 1.93.